The minimum Gasteiger partial charge on any atom is -0.348 e. The van der Waals surface area contributed by atoms with Gasteiger partial charge in [-0.3, -0.25) is 9.89 Å². The first-order valence-electron chi connectivity index (χ1n) is 8.05. The SMILES string of the molecule is Cc1cc(C(=O)NC2CCN(C(=O)Nc3ccccc3)CC2)n[nH]1. The summed E-state index contributed by atoms with van der Waals surface area (Å²) in [4.78, 5) is 26.1. The fraction of sp³-hybridized carbons (Fsp3) is 0.353. The molecule has 0 radical (unpaired) electrons. The summed E-state index contributed by atoms with van der Waals surface area (Å²) in [6.45, 7) is 3.08. The number of para-hydroxylation sites is 1. The highest BCUT2D eigenvalue weighted by molar-refractivity contribution is 5.92. The van der Waals surface area contributed by atoms with Gasteiger partial charge >= 0.3 is 6.03 Å². The summed E-state index contributed by atoms with van der Waals surface area (Å²) in [7, 11) is 0. The number of piperidine rings is 1. The molecule has 7 nitrogen and oxygen atoms in total. The van der Waals surface area contributed by atoms with Crippen LogP contribution < -0.4 is 10.6 Å². The van der Waals surface area contributed by atoms with E-state index in [-0.39, 0.29) is 18.0 Å². The molecule has 0 spiro atoms. The number of aromatic amines is 1. The summed E-state index contributed by atoms with van der Waals surface area (Å²) in [5.74, 6) is -0.175. The van der Waals surface area contributed by atoms with Gasteiger partial charge in [-0.2, -0.15) is 5.10 Å². The Morgan fingerprint density at radius 1 is 1.21 bits per heavy atom. The van der Waals surface area contributed by atoms with Gasteiger partial charge in [0, 0.05) is 30.5 Å². The number of aryl methyl sites for hydroxylation is 1. The van der Waals surface area contributed by atoms with Crippen LogP contribution in [0.4, 0.5) is 10.5 Å². The first-order chi connectivity index (χ1) is 11.6. The van der Waals surface area contributed by atoms with Crippen molar-refractivity contribution >= 4 is 17.6 Å². The van der Waals surface area contributed by atoms with Gasteiger partial charge in [0.05, 0.1) is 0 Å². The summed E-state index contributed by atoms with van der Waals surface area (Å²) in [5.41, 5.74) is 2.04. The smallest absolute Gasteiger partial charge is 0.321 e. The van der Waals surface area contributed by atoms with Gasteiger partial charge in [0.2, 0.25) is 0 Å². The van der Waals surface area contributed by atoms with E-state index < -0.39 is 0 Å². The highest BCUT2D eigenvalue weighted by Crippen LogP contribution is 2.13. The van der Waals surface area contributed by atoms with Gasteiger partial charge < -0.3 is 15.5 Å². The summed E-state index contributed by atoms with van der Waals surface area (Å²) in [5, 5.41) is 12.6. The van der Waals surface area contributed by atoms with Gasteiger partial charge in [0.1, 0.15) is 5.69 Å². The van der Waals surface area contributed by atoms with Crippen LogP contribution in [0.5, 0.6) is 0 Å². The van der Waals surface area contributed by atoms with Crippen molar-refractivity contribution in [3.8, 4) is 0 Å². The van der Waals surface area contributed by atoms with Crippen LogP contribution in [0.3, 0.4) is 0 Å². The van der Waals surface area contributed by atoms with E-state index in [1.54, 1.807) is 11.0 Å². The van der Waals surface area contributed by atoms with Gasteiger partial charge in [-0.25, -0.2) is 4.79 Å². The fourth-order valence-electron chi connectivity index (χ4n) is 2.74. The molecule has 0 aliphatic carbocycles. The second kappa shape index (κ2) is 7.16. The predicted octanol–water partition coefficient (Wildman–Crippen LogP) is 2.14. The van der Waals surface area contributed by atoms with E-state index in [1.807, 2.05) is 37.3 Å². The van der Waals surface area contributed by atoms with E-state index in [4.69, 9.17) is 0 Å². The molecule has 0 unspecified atom stereocenters. The van der Waals surface area contributed by atoms with Crippen molar-refractivity contribution in [2.45, 2.75) is 25.8 Å². The molecule has 3 rings (SSSR count). The number of amides is 3. The van der Waals surface area contributed by atoms with E-state index in [0.717, 1.165) is 24.2 Å². The Kier molecular flexibility index (Phi) is 4.79. The van der Waals surface area contributed by atoms with Gasteiger partial charge in [-0.05, 0) is 38.0 Å². The molecule has 1 fully saturated rings. The average Bonchev–Trinajstić information content (AvgIpc) is 3.03. The second-order valence-corrected chi connectivity index (χ2v) is 5.97. The normalized spacial score (nSPS) is 15.1. The van der Waals surface area contributed by atoms with Gasteiger partial charge in [0.25, 0.3) is 5.91 Å². The molecule has 0 bridgehead atoms. The van der Waals surface area contributed by atoms with Crippen LogP contribution in [0.15, 0.2) is 36.4 Å². The molecule has 1 aliphatic rings. The second-order valence-electron chi connectivity index (χ2n) is 5.97. The number of hydrogen-bond acceptors (Lipinski definition) is 3. The zero-order valence-electron chi connectivity index (χ0n) is 13.6. The molecule has 1 aromatic heterocycles. The zero-order chi connectivity index (χ0) is 16.9. The monoisotopic (exact) mass is 327 g/mol. The Labute approximate surface area is 140 Å². The van der Waals surface area contributed by atoms with E-state index in [0.29, 0.717) is 18.8 Å². The molecule has 0 atom stereocenters. The topological polar surface area (TPSA) is 90.1 Å². The number of H-pyrrole nitrogens is 1. The summed E-state index contributed by atoms with van der Waals surface area (Å²) < 4.78 is 0. The Balaban J connectivity index is 1.47. The van der Waals surface area contributed by atoms with Crippen molar-refractivity contribution in [1.29, 1.82) is 0 Å². The lowest BCUT2D eigenvalue weighted by Gasteiger charge is -2.32. The molecule has 126 valence electrons. The first kappa shape index (κ1) is 16.0. The lowest BCUT2D eigenvalue weighted by atomic mass is 10.1. The maximum absolute atomic E-state index is 12.2. The number of nitrogens with one attached hydrogen (secondary N) is 3. The van der Waals surface area contributed by atoms with Crippen molar-refractivity contribution < 1.29 is 9.59 Å². The number of carbonyl (C=O) groups excluding carboxylic acids is 2. The fourth-order valence-corrected chi connectivity index (χ4v) is 2.74. The highest BCUT2D eigenvalue weighted by Gasteiger charge is 2.24. The largest absolute Gasteiger partial charge is 0.348 e. The quantitative estimate of drug-likeness (QED) is 0.807. The Hall–Kier alpha value is -2.83. The van der Waals surface area contributed by atoms with E-state index in [9.17, 15) is 9.59 Å². The maximum Gasteiger partial charge on any atom is 0.321 e. The highest BCUT2D eigenvalue weighted by atomic mass is 16.2. The van der Waals surface area contributed by atoms with Crippen molar-refractivity contribution in [2.24, 2.45) is 0 Å². The lowest BCUT2D eigenvalue weighted by Crippen LogP contribution is -2.47. The molecule has 0 saturated carbocycles. The number of nitrogens with zero attached hydrogens (tertiary/aromatic N) is 2. The lowest BCUT2D eigenvalue weighted by molar-refractivity contribution is 0.0914. The molecule has 7 heteroatoms. The van der Waals surface area contributed by atoms with Gasteiger partial charge in [-0.15, -0.1) is 0 Å². The number of aromatic nitrogens is 2. The summed E-state index contributed by atoms with van der Waals surface area (Å²) in [6, 6.07) is 11.1. The Morgan fingerprint density at radius 2 is 1.92 bits per heavy atom. The molecule has 1 aliphatic heterocycles. The van der Waals surface area contributed by atoms with E-state index in [1.165, 1.54) is 0 Å². The van der Waals surface area contributed by atoms with Gasteiger partial charge in [-0.1, -0.05) is 18.2 Å². The molecule has 2 heterocycles. The number of benzene rings is 1. The third kappa shape index (κ3) is 3.92. The minimum atomic E-state index is -0.175. The molecule has 3 N–H and O–H groups in total. The molecule has 2 aromatic rings. The number of urea groups is 1. The standard InChI is InChI=1S/C17H21N5O2/c1-12-11-15(21-20-12)16(23)18-14-7-9-22(10-8-14)17(24)19-13-5-3-2-4-6-13/h2-6,11,14H,7-10H2,1H3,(H,18,23)(H,19,24)(H,20,21). The number of rotatable bonds is 3. The van der Waals surface area contributed by atoms with Crippen LogP contribution in [-0.4, -0.2) is 46.2 Å². The van der Waals surface area contributed by atoms with Crippen LogP contribution >= 0.6 is 0 Å². The van der Waals surface area contributed by atoms with Crippen molar-refractivity contribution in [1.82, 2.24) is 20.4 Å². The number of likely N-dealkylation sites (tertiary alicyclic amines) is 1. The molecular formula is C17H21N5O2. The van der Waals surface area contributed by atoms with E-state index in [2.05, 4.69) is 20.8 Å². The summed E-state index contributed by atoms with van der Waals surface area (Å²) in [6.07, 6.45) is 1.47. The van der Waals surface area contributed by atoms with Crippen LogP contribution in [0, 0.1) is 6.92 Å². The van der Waals surface area contributed by atoms with Crippen LogP contribution in [0.1, 0.15) is 29.0 Å². The Morgan fingerprint density at radius 3 is 2.54 bits per heavy atom. The minimum absolute atomic E-state index is 0.0651. The molecular weight excluding hydrogens is 306 g/mol. The number of hydrogen-bond donors (Lipinski definition) is 3. The average molecular weight is 327 g/mol. The van der Waals surface area contributed by atoms with Crippen molar-refractivity contribution in [3.63, 3.8) is 0 Å². The molecule has 1 aromatic carbocycles. The third-order valence-corrected chi connectivity index (χ3v) is 4.08. The number of anilines is 1. The van der Waals surface area contributed by atoms with Crippen molar-refractivity contribution in [3.05, 3.63) is 47.8 Å². The van der Waals surface area contributed by atoms with Crippen LogP contribution in [0.2, 0.25) is 0 Å². The number of carbonyl (C=O) groups is 2. The molecule has 1 saturated heterocycles. The maximum atomic E-state index is 12.2. The molecule has 3 amide bonds. The third-order valence-electron chi connectivity index (χ3n) is 4.08. The van der Waals surface area contributed by atoms with Crippen LogP contribution in [-0.2, 0) is 0 Å². The zero-order valence-corrected chi connectivity index (χ0v) is 13.6. The van der Waals surface area contributed by atoms with E-state index >= 15 is 0 Å². The van der Waals surface area contributed by atoms with Crippen LogP contribution in [0.25, 0.3) is 0 Å². The van der Waals surface area contributed by atoms with Gasteiger partial charge in [0.15, 0.2) is 0 Å². The molecule has 24 heavy (non-hydrogen) atoms. The summed E-state index contributed by atoms with van der Waals surface area (Å²) >= 11 is 0. The van der Waals surface area contributed by atoms with Crippen molar-refractivity contribution in [2.75, 3.05) is 18.4 Å². The predicted molar refractivity (Wildman–Crippen MR) is 90.8 cm³/mol. The first-order valence-corrected chi connectivity index (χ1v) is 8.05. The Bertz CT molecular complexity index is 705.